The Morgan fingerprint density at radius 3 is 2.26 bits per heavy atom. The number of ether oxygens (including phenoxy) is 2. The summed E-state index contributed by atoms with van der Waals surface area (Å²) in [5.41, 5.74) is 8.04. The minimum Gasteiger partial charge on any atom is -0.493 e. The van der Waals surface area contributed by atoms with Crippen LogP contribution in [0.15, 0.2) is 42.5 Å². The molecule has 3 nitrogen and oxygen atoms in total. The average molecular weight is 257 g/mol. The van der Waals surface area contributed by atoms with Gasteiger partial charge in [0.25, 0.3) is 0 Å². The van der Waals surface area contributed by atoms with Crippen molar-refractivity contribution in [3.63, 3.8) is 0 Å². The normalized spacial score (nSPS) is 12.0. The van der Waals surface area contributed by atoms with Crippen molar-refractivity contribution in [3.8, 4) is 17.2 Å². The smallest absolute Gasteiger partial charge is 0.169 e. The van der Waals surface area contributed by atoms with Crippen LogP contribution in [-0.4, -0.2) is 7.11 Å². The molecule has 2 aromatic carbocycles. The Balaban J connectivity index is 2.21. The fourth-order valence-electron chi connectivity index (χ4n) is 1.83. The van der Waals surface area contributed by atoms with Gasteiger partial charge in [0.1, 0.15) is 5.75 Å². The highest BCUT2D eigenvalue weighted by atomic mass is 16.5. The largest absolute Gasteiger partial charge is 0.493 e. The molecule has 1 atom stereocenters. The second kappa shape index (κ2) is 5.76. The predicted molar refractivity (Wildman–Crippen MR) is 76.8 cm³/mol. The van der Waals surface area contributed by atoms with Gasteiger partial charge >= 0.3 is 0 Å². The Morgan fingerprint density at radius 2 is 1.68 bits per heavy atom. The molecular formula is C16H19NO2. The first-order valence-electron chi connectivity index (χ1n) is 6.28. The first kappa shape index (κ1) is 13.4. The standard InChI is InChI=1S/C16H19NO2/c1-11-4-9-15(16(10-11)18-3)19-14-7-5-13(6-8-14)12(2)17/h4-10,12H,17H2,1-3H3/t12-/m1/s1. The van der Waals surface area contributed by atoms with Crippen molar-refractivity contribution in [1.29, 1.82) is 0 Å². The maximum Gasteiger partial charge on any atom is 0.169 e. The van der Waals surface area contributed by atoms with E-state index in [1.807, 2.05) is 56.3 Å². The van der Waals surface area contributed by atoms with Crippen molar-refractivity contribution in [1.82, 2.24) is 0 Å². The van der Waals surface area contributed by atoms with E-state index >= 15 is 0 Å². The van der Waals surface area contributed by atoms with E-state index in [0.717, 1.165) is 22.6 Å². The Hall–Kier alpha value is -2.00. The molecule has 2 aromatic rings. The third-order valence-electron chi connectivity index (χ3n) is 2.95. The third-order valence-corrected chi connectivity index (χ3v) is 2.95. The zero-order valence-corrected chi connectivity index (χ0v) is 11.5. The van der Waals surface area contributed by atoms with Crippen LogP contribution in [0.25, 0.3) is 0 Å². The topological polar surface area (TPSA) is 44.5 Å². The summed E-state index contributed by atoms with van der Waals surface area (Å²) in [4.78, 5) is 0. The van der Waals surface area contributed by atoms with Gasteiger partial charge in [0.2, 0.25) is 0 Å². The van der Waals surface area contributed by atoms with Gasteiger partial charge in [0, 0.05) is 6.04 Å². The summed E-state index contributed by atoms with van der Waals surface area (Å²) in [5.74, 6) is 2.21. The van der Waals surface area contributed by atoms with Gasteiger partial charge in [-0.05, 0) is 49.2 Å². The molecule has 0 amide bonds. The second-order valence-electron chi connectivity index (χ2n) is 4.61. The number of hydrogen-bond acceptors (Lipinski definition) is 3. The van der Waals surface area contributed by atoms with E-state index in [1.165, 1.54) is 0 Å². The number of hydrogen-bond donors (Lipinski definition) is 1. The molecule has 0 aliphatic carbocycles. The number of benzene rings is 2. The van der Waals surface area contributed by atoms with Crippen molar-refractivity contribution in [2.45, 2.75) is 19.9 Å². The van der Waals surface area contributed by atoms with Crippen LogP contribution in [0.5, 0.6) is 17.2 Å². The fraction of sp³-hybridized carbons (Fsp3) is 0.250. The van der Waals surface area contributed by atoms with Crippen LogP contribution in [0.3, 0.4) is 0 Å². The highest BCUT2D eigenvalue weighted by Gasteiger charge is 2.06. The van der Waals surface area contributed by atoms with Crippen molar-refractivity contribution in [3.05, 3.63) is 53.6 Å². The minimum atomic E-state index is 0.0305. The lowest BCUT2D eigenvalue weighted by Gasteiger charge is -2.12. The first-order valence-corrected chi connectivity index (χ1v) is 6.28. The van der Waals surface area contributed by atoms with Crippen LogP contribution in [0.4, 0.5) is 0 Å². The van der Waals surface area contributed by atoms with E-state index in [1.54, 1.807) is 7.11 Å². The van der Waals surface area contributed by atoms with E-state index in [9.17, 15) is 0 Å². The van der Waals surface area contributed by atoms with Gasteiger partial charge in [-0.25, -0.2) is 0 Å². The molecule has 0 aliphatic rings. The van der Waals surface area contributed by atoms with Gasteiger partial charge in [-0.1, -0.05) is 18.2 Å². The first-order chi connectivity index (χ1) is 9.10. The van der Waals surface area contributed by atoms with Crippen LogP contribution in [0.1, 0.15) is 24.1 Å². The van der Waals surface area contributed by atoms with Gasteiger partial charge in [-0.3, -0.25) is 0 Å². The molecule has 0 spiro atoms. The van der Waals surface area contributed by atoms with Gasteiger partial charge in [0.05, 0.1) is 7.11 Å². The zero-order chi connectivity index (χ0) is 13.8. The van der Waals surface area contributed by atoms with Gasteiger partial charge < -0.3 is 15.2 Å². The van der Waals surface area contributed by atoms with Crippen molar-refractivity contribution >= 4 is 0 Å². The lowest BCUT2D eigenvalue weighted by molar-refractivity contribution is 0.378. The third kappa shape index (κ3) is 3.26. The number of rotatable bonds is 4. The van der Waals surface area contributed by atoms with Gasteiger partial charge in [-0.2, -0.15) is 0 Å². The predicted octanol–water partition coefficient (Wildman–Crippen LogP) is 3.82. The van der Waals surface area contributed by atoms with Crippen LogP contribution in [-0.2, 0) is 0 Å². The zero-order valence-electron chi connectivity index (χ0n) is 11.5. The molecule has 0 saturated heterocycles. The van der Waals surface area contributed by atoms with E-state index in [4.69, 9.17) is 15.2 Å². The molecule has 2 rings (SSSR count). The maximum absolute atomic E-state index is 5.82. The molecule has 0 unspecified atom stereocenters. The van der Waals surface area contributed by atoms with Crippen LogP contribution < -0.4 is 15.2 Å². The van der Waals surface area contributed by atoms with Crippen molar-refractivity contribution in [2.24, 2.45) is 5.73 Å². The summed E-state index contributed by atoms with van der Waals surface area (Å²) in [7, 11) is 1.64. The second-order valence-corrected chi connectivity index (χ2v) is 4.61. The van der Waals surface area contributed by atoms with Gasteiger partial charge in [-0.15, -0.1) is 0 Å². The monoisotopic (exact) mass is 257 g/mol. The lowest BCUT2D eigenvalue weighted by atomic mass is 10.1. The fourth-order valence-corrected chi connectivity index (χ4v) is 1.83. The molecule has 19 heavy (non-hydrogen) atoms. The van der Waals surface area contributed by atoms with Crippen molar-refractivity contribution in [2.75, 3.05) is 7.11 Å². The van der Waals surface area contributed by atoms with Crippen molar-refractivity contribution < 1.29 is 9.47 Å². The molecule has 100 valence electrons. The SMILES string of the molecule is COc1cc(C)ccc1Oc1ccc([C@@H](C)N)cc1. The molecular weight excluding hydrogens is 238 g/mol. The maximum atomic E-state index is 5.82. The van der Waals surface area contributed by atoms with Crippen LogP contribution >= 0.6 is 0 Å². The lowest BCUT2D eigenvalue weighted by Crippen LogP contribution is -2.04. The van der Waals surface area contributed by atoms with Crippen LogP contribution in [0.2, 0.25) is 0 Å². The summed E-state index contributed by atoms with van der Waals surface area (Å²) in [6.45, 7) is 3.97. The van der Waals surface area contributed by atoms with E-state index in [2.05, 4.69) is 0 Å². The summed E-state index contributed by atoms with van der Waals surface area (Å²) in [6, 6.07) is 13.7. The molecule has 0 bridgehead atoms. The summed E-state index contributed by atoms with van der Waals surface area (Å²) < 4.78 is 11.1. The Morgan fingerprint density at radius 1 is 1.00 bits per heavy atom. The summed E-state index contributed by atoms with van der Waals surface area (Å²) >= 11 is 0. The number of nitrogens with two attached hydrogens (primary N) is 1. The molecule has 3 heteroatoms. The summed E-state index contributed by atoms with van der Waals surface area (Å²) in [5, 5.41) is 0. The number of methoxy groups -OCH3 is 1. The van der Waals surface area contributed by atoms with Crippen LogP contribution in [0, 0.1) is 6.92 Å². The average Bonchev–Trinajstić information content (AvgIpc) is 2.41. The van der Waals surface area contributed by atoms with E-state index in [0.29, 0.717) is 5.75 Å². The molecule has 0 aliphatic heterocycles. The van der Waals surface area contributed by atoms with E-state index in [-0.39, 0.29) is 6.04 Å². The molecule has 0 radical (unpaired) electrons. The quantitative estimate of drug-likeness (QED) is 0.905. The van der Waals surface area contributed by atoms with E-state index < -0.39 is 0 Å². The highest BCUT2D eigenvalue weighted by molar-refractivity contribution is 5.45. The van der Waals surface area contributed by atoms with Gasteiger partial charge in [0.15, 0.2) is 11.5 Å². The highest BCUT2D eigenvalue weighted by Crippen LogP contribution is 2.32. The Labute approximate surface area is 114 Å². The molecule has 0 heterocycles. The molecule has 2 N–H and O–H groups in total. The summed E-state index contributed by atoms with van der Waals surface area (Å²) in [6.07, 6.45) is 0. The Kier molecular flexibility index (Phi) is 4.07. The Bertz CT molecular complexity index is 547. The molecule has 0 aromatic heterocycles. The molecule has 0 fully saturated rings. The minimum absolute atomic E-state index is 0.0305. The number of aryl methyl sites for hydroxylation is 1. The molecule has 0 saturated carbocycles.